The first-order valence-corrected chi connectivity index (χ1v) is 8.53. The molecule has 4 heteroatoms. The van der Waals surface area contributed by atoms with Crippen LogP contribution in [-0.4, -0.2) is 35.1 Å². The predicted octanol–water partition coefficient (Wildman–Crippen LogP) is 2.93. The fourth-order valence-corrected chi connectivity index (χ4v) is 3.23. The molecule has 21 heavy (non-hydrogen) atoms. The number of rotatable bonds is 10. The van der Waals surface area contributed by atoms with Crippen LogP contribution in [0.15, 0.2) is 12.4 Å². The number of aryl methyl sites for hydroxylation is 2. The van der Waals surface area contributed by atoms with E-state index in [1.54, 1.807) is 0 Å². The van der Waals surface area contributed by atoms with Gasteiger partial charge in [-0.3, -0.25) is 4.68 Å². The first-order valence-electron chi connectivity index (χ1n) is 8.53. The molecule has 0 saturated heterocycles. The Bertz CT molecular complexity index is 398. The topological polar surface area (TPSA) is 39.1 Å². The Kier molecular flexibility index (Phi) is 6.71. The highest BCUT2D eigenvalue weighted by molar-refractivity contribution is 5.04. The van der Waals surface area contributed by atoms with Crippen LogP contribution in [0, 0.1) is 5.92 Å². The lowest BCUT2D eigenvalue weighted by atomic mass is 9.77. The Morgan fingerprint density at radius 1 is 1.43 bits per heavy atom. The first-order chi connectivity index (χ1) is 10.2. The van der Waals surface area contributed by atoms with Crippen molar-refractivity contribution < 1.29 is 4.74 Å². The van der Waals surface area contributed by atoms with Gasteiger partial charge in [0, 0.05) is 25.9 Å². The Morgan fingerprint density at radius 3 is 2.86 bits per heavy atom. The zero-order valence-electron chi connectivity index (χ0n) is 13.8. The van der Waals surface area contributed by atoms with Gasteiger partial charge in [0.2, 0.25) is 0 Å². The Labute approximate surface area is 129 Å². The molecule has 1 atom stereocenters. The van der Waals surface area contributed by atoms with Gasteiger partial charge in [0.25, 0.3) is 0 Å². The Morgan fingerprint density at radius 2 is 2.24 bits per heavy atom. The lowest BCUT2D eigenvalue weighted by Gasteiger charge is -2.37. The molecule has 1 unspecified atom stereocenters. The van der Waals surface area contributed by atoms with Crippen LogP contribution in [0.3, 0.4) is 0 Å². The highest BCUT2D eigenvalue weighted by atomic mass is 16.5. The average molecular weight is 293 g/mol. The number of hydrogen-bond acceptors (Lipinski definition) is 3. The van der Waals surface area contributed by atoms with E-state index in [9.17, 15) is 0 Å². The maximum atomic E-state index is 5.67. The lowest BCUT2D eigenvalue weighted by molar-refractivity contribution is -0.0292. The molecule has 1 aromatic rings. The van der Waals surface area contributed by atoms with E-state index in [0.717, 1.165) is 25.5 Å². The van der Waals surface area contributed by atoms with Crippen molar-refractivity contribution in [2.45, 2.75) is 64.5 Å². The summed E-state index contributed by atoms with van der Waals surface area (Å²) < 4.78 is 7.56. The van der Waals surface area contributed by atoms with Gasteiger partial charge in [0.05, 0.1) is 12.3 Å². The van der Waals surface area contributed by atoms with Crippen LogP contribution in [-0.2, 0) is 18.2 Å². The summed E-state index contributed by atoms with van der Waals surface area (Å²) in [5.74, 6) is 0.852. The van der Waals surface area contributed by atoms with Crippen LogP contribution in [0.1, 0.15) is 51.5 Å². The summed E-state index contributed by atoms with van der Waals surface area (Å²) in [5.41, 5.74) is 1.35. The van der Waals surface area contributed by atoms with Gasteiger partial charge in [0.15, 0.2) is 0 Å². The molecule has 0 aliphatic heterocycles. The molecule has 0 bridgehead atoms. The molecule has 1 aromatic heterocycles. The molecular weight excluding hydrogens is 262 g/mol. The van der Waals surface area contributed by atoms with E-state index >= 15 is 0 Å². The Balaban J connectivity index is 1.72. The molecule has 0 spiro atoms. The fourth-order valence-electron chi connectivity index (χ4n) is 3.23. The van der Waals surface area contributed by atoms with Gasteiger partial charge in [-0.05, 0) is 63.5 Å². The first kappa shape index (κ1) is 16.5. The van der Waals surface area contributed by atoms with Crippen LogP contribution in [0.2, 0.25) is 0 Å². The van der Waals surface area contributed by atoms with Crippen molar-refractivity contribution in [2.75, 3.05) is 13.2 Å². The van der Waals surface area contributed by atoms with Crippen LogP contribution in [0.25, 0.3) is 0 Å². The van der Waals surface area contributed by atoms with Crippen molar-refractivity contribution >= 4 is 0 Å². The molecule has 1 N–H and O–H groups in total. The minimum absolute atomic E-state index is 0.533. The molecule has 0 amide bonds. The quantitative estimate of drug-likeness (QED) is 0.721. The third kappa shape index (κ3) is 5.44. The highest BCUT2D eigenvalue weighted by Crippen LogP contribution is 2.34. The van der Waals surface area contributed by atoms with Crippen LogP contribution in [0.5, 0.6) is 0 Å². The number of nitrogens with zero attached hydrogens (tertiary/aromatic N) is 2. The molecule has 0 radical (unpaired) electrons. The summed E-state index contributed by atoms with van der Waals surface area (Å²) in [5, 5.41) is 7.98. The minimum Gasteiger partial charge on any atom is -0.378 e. The zero-order valence-corrected chi connectivity index (χ0v) is 13.8. The van der Waals surface area contributed by atoms with Crippen molar-refractivity contribution in [1.29, 1.82) is 0 Å². The molecule has 1 saturated carbocycles. The Hall–Kier alpha value is -0.870. The third-order valence-electron chi connectivity index (χ3n) is 4.44. The van der Waals surface area contributed by atoms with E-state index in [1.807, 2.05) is 17.9 Å². The lowest BCUT2D eigenvalue weighted by Crippen LogP contribution is -2.38. The average Bonchev–Trinajstić information content (AvgIpc) is 2.84. The molecule has 120 valence electrons. The van der Waals surface area contributed by atoms with E-state index in [2.05, 4.69) is 30.5 Å². The second-order valence-corrected chi connectivity index (χ2v) is 6.36. The standard InChI is InChI=1S/C17H31N3O/c1-4-8-18-16(7-6-14-12-19-20(3)13-14)9-15-10-17(11-15)21-5-2/h12-13,15-18H,4-11H2,1-3H3. The molecular formula is C17H31N3O. The number of aromatic nitrogens is 2. The van der Waals surface area contributed by atoms with Crippen molar-refractivity contribution in [3.8, 4) is 0 Å². The summed E-state index contributed by atoms with van der Waals surface area (Å²) in [6.07, 6.45) is 12.0. The van der Waals surface area contributed by atoms with Gasteiger partial charge in [0.1, 0.15) is 0 Å². The van der Waals surface area contributed by atoms with Gasteiger partial charge in [-0.15, -0.1) is 0 Å². The second-order valence-electron chi connectivity index (χ2n) is 6.36. The molecule has 2 rings (SSSR count). The molecule has 1 aliphatic carbocycles. The van der Waals surface area contributed by atoms with Crippen LogP contribution < -0.4 is 5.32 Å². The van der Waals surface area contributed by atoms with E-state index in [-0.39, 0.29) is 0 Å². The molecule has 0 aromatic carbocycles. The predicted molar refractivity (Wildman–Crippen MR) is 86.4 cm³/mol. The summed E-state index contributed by atoms with van der Waals surface area (Å²) in [7, 11) is 1.98. The molecule has 1 fully saturated rings. The van der Waals surface area contributed by atoms with Crippen LogP contribution >= 0.6 is 0 Å². The fraction of sp³-hybridized carbons (Fsp3) is 0.824. The van der Waals surface area contributed by atoms with E-state index in [1.165, 1.54) is 37.7 Å². The summed E-state index contributed by atoms with van der Waals surface area (Å²) in [6.45, 7) is 6.31. The van der Waals surface area contributed by atoms with Crippen molar-refractivity contribution in [3.05, 3.63) is 18.0 Å². The number of ether oxygens (including phenoxy) is 1. The minimum atomic E-state index is 0.533. The third-order valence-corrected chi connectivity index (χ3v) is 4.44. The largest absolute Gasteiger partial charge is 0.378 e. The van der Waals surface area contributed by atoms with E-state index in [0.29, 0.717) is 12.1 Å². The number of nitrogens with one attached hydrogen (secondary N) is 1. The highest BCUT2D eigenvalue weighted by Gasteiger charge is 2.31. The SMILES string of the molecule is CCCNC(CCc1cnn(C)c1)CC1CC(OCC)C1. The van der Waals surface area contributed by atoms with Gasteiger partial charge in [-0.2, -0.15) is 5.10 Å². The van der Waals surface area contributed by atoms with Crippen molar-refractivity contribution in [3.63, 3.8) is 0 Å². The number of hydrogen-bond donors (Lipinski definition) is 1. The van der Waals surface area contributed by atoms with Gasteiger partial charge in [-0.25, -0.2) is 0 Å². The normalized spacial score (nSPS) is 23.0. The second kappa shape index (κ2) is 8.54. The summed E-state index contributed by atoms with van der Waals surface area (Å²) >= 11 is 0. The van der Waals surface area contributed by atoms with E-state index in [4.69, 9.17) is 4.74 Å². The van der Waals surface area contributed by atoms with Crippen molar-refractivity contribution in [1.82, 2.24) is 15.1 Å². The smallest absolute Gasteiger partial charge is 0.0580 e. The molecule has 1 aliphatic rings. The maximum absolute atomic E-state index is 5.67. The van der Waals surface area contributed by atoms with Crippen LogP contribution in [0.4, 0.5) is 0 Å². The van der Waals surface area contributed by atoms with Crippen molar-refractivity contribution in [2.24, 2.45) is 13.0 Å². The van der Waals surface area contributed by atoms with Gasteiger partial charge in [-0.1, -0.05) is 6.92 Å². The molecule has 1 heterocycles. The maximum Gasteiger partial charge on any atom is 0.0580 e. The van der Waals surface area contributed by atoms with E-state index < -0.39 is 0 Å². The zero-order chi connectivity index (χ0) is 15.1. The monoisotopic (exact) mass is 293 g/mol. The van der Waals surface area contributed by atoms with Gasteiger partial charge >= 0.3 is 0 Å². The summed E-state index contributed by atoms with van der Waals surface area (Å²) in [6, 6.07) is 0.637. The molecule has 4 nitrogen and oxygen atoms in total. The summed E-state index contributed by atoms with van der Waals surface area (Å²) in [4.78, 5) is 0. The van der Waals surface area contributed by atoms with Gasteiger partial charge < -0.3 is 10.1 Å².